The van der Waals surface area contributed by atoms with Gasteiger partial charge >= 0.3 is 6.03 Å². The van der Waals surface area contributed by atoms with Gasteiger partial charge in [-0.3, -0.25) is 14.5 Å². The molecule has 8 heteroatoms. The van der Waals surface area contributed by atoms with E-state index in [1.54, 1.807) is 13.2 Å². The van der Waals surface area contributed by atoms with Crippen LogP contribution in [-0.4, -0.2) is 83.8 Å². The highest BCUT2D eigenvalue weighted by Gasteiger charge is 2.33. The van der Waals surface area contributed by atoms with Crippen molar-refractivity contribution in [1.82, 2.24) is 19.7 Å². The first kappa shape index (κ1) is 17.2. The summed E-state index contributed by atoms with van der Waals surface area (Å²) in [6, 6.07) is 5.54. The number of anilines is 1. The maximum atomic E-state index is 12.3. The van der Waals surface area contributed by atoms with Crippen molar-refractivity contribution in [2.24, 2.45) is 0 Å². The number of amides is 4. The molecule has 1 aromatic heterocycles. The number of urea groups is 1. The van der Waals surface area contributed by atoms with Crippen molar-refractivity contribution < 1.29 is 14.4 Å². The minimum Gasteiger partial charge on any atom is -0.353 e. The molecule has 3 heterocycles. The summed E-state index contributed by atoms with van der Waals surface area (Å²) in [5.41, 5.74) is 0. The van der Waals surface area contributed by atoms with Crippen LogP contribution in [0.15, 0.2) is 24.4 Å². The Hall–Kier alpha value is -2.64. The van der Waals surface area contributed by atoms with Crippen molar-refractivity contribution in [3.63, 3.8) is 0 Å². The summed E-state index contributed by atoms with van der Waals surface area (Å²) in [6.45, 7) is 3.29. The topological polar surface area (TPSA) is 77.1 Å². The number of hydrogen-bond donors (Lipinski definition) is 0. The maximum absolute atomic E-state index is 12.3. The summed E-state index contributed by atoms with van der Waals surface area (Å²) < 4.78 is 0. The van der Waals surface area contributed by atoms with Crippen LogP contribution in [-0.2, 0) is 9.59 Å². The fourth-order valence-corrected chi connectivity index (χ4v) is 3.16. The zero-order valence-corrected chi connectivity index (χ0v) is 14.4. The maximum Gasteiger partial charge on any atom is 0.326 e. The highest BCUT2D eigenvalue weighted by molar-refractivity contribution is 6.01. The third kappa shape index (κ3) is 3.89. The van der Waals surface area contributed by atoms with Crippen LogP contribution < -0.4 is 4.90 Å². The van der Waals surface area contributed by atoms with E-state index in [-0.39, 0.29) is 24.4 Å². The predicted molar refractivity (Wildman–Crippen MR) is 92.0 cm³/mol. The molecule has 2 aliphatic rings. The van der Waals surface area contributed by atoms with Crippen molar-refractivity contribution in [2.75, 3.05) is 51.2 Å². The third-order valence-corrected chi connectivity index (χ3v) is 4.61. The monoisotopic (exact) mass is 345 g/mol. The van der Waals surface area contributed by atoms with Gasteiger partial charge in [-0.15, -0.1) is 0 Å². The first-order valence-corrected chi connectivity index (χ1v) is 8.55. The summed E-state index contributed by atoms with van der Waals surface area (Å²) in [7, 11) is 1.60. The molecule has 1 aromatic rings. The number of imide groups is 1. The van der Waals surface area contributed by atoms with E-state index in [2.05, 4.69) is 9.88 Å². The standard InChI is InChI=1S/C17H23N5O3/c1-19-13-16(24)22(17(19)25)8-4-6-15(23)21-11-9-20(10-12-21)14-5-2-3-7-18-14/h2-3,5,7H,4,6,8-13H2,1H3. The second-order valence-corrected chi connectivity index (χ2v) is 6.34. The van der Waals surface area contributed by atoms with Crippen molar-refractivity contribution in [3.05, 3.63) is 24.4 Å². The zero-order chi connectivity index (χ0) is 17.8. The van der Waals surface area contributed by atoms with Gasteiger partial charge in [0.15, 0.2) is 0 Å². The van der Waals surface area contributed by atoms with Crippen LogP contribution in [0.5, 0.6) is 0 Å². The molecule has 8 nitrogen and oxygen atoms in total. The minimum atomic E-state index is -0.276. The van der Waals surface area contributed by atoms with Crippen molar-refractivity contribution in [2.45, 2.75) is 12.8 Å². The van der Waals surface area contributed by atoms with Gasteiger partial charge < -0.3 is 14.7 Å². The highest BCUT2D eigenvalue weighted by atomic mass is 16.2. The van der Waals surface area contributed by atoms with E-state index in [4.69, 9.17) is 0 Å². The first-order valence-electron chi connectivity index (χ1n) is 8.55. The van der Waals surface area contributed by atoms with Crippen molar-refractivity contribution in [3.8, 4) is 0 Å². The number of carbonyl (C=O) groups is 3. The van der Waals surface area contributed by atoms with Crippen LogP contribution in [0.1, 0.15) is 12.8 Å². The van der Waals surface area contributed by atoms with Gasteiger partial charge in [0.1, 0.15) is 12.4 Å². The number of piperazine rings is 1. The molecule has 0 radical (unpaired) electrons. The van der Waals surface area contributed by atoms with Crippen molar-refractivity contribution >= 4 is 23.7 Å². The van der Waals surface area contributed by atoms with Crippen LogP contribution in [0.2, 0.25) is 0 Å². The van der Waals surface area contributed by atoms with Gasteiger partial charge in [-0.1, -0.05) is 6.07 Å². The average Bonchev–Trinajstić information content (AvgIpc) is 2.88. The largest absolute Gasteiger partial charge is 0.353 e. The number of aromatic nitrogens is 1. The number of rotatable bonds is 5. The molecule has 2 saturated heterocycles. The normalized spacial score (nSPS) is 18.3. The molecule has 4 amide bonds. The number of nitrogens with zero attached hydrogens (tertiary/aromatic N) is 5. The molecular weight excluding hydrogens is 322 g/mol. The van der Waals surface area contributed by atoms with Gasteiger partial charge in [0.25, 0.3) is 0 Å². The molecule has 3 rings (SSSR count). The Kier molecular flexibility index (Phi) is 5.16. The van der Waals surface area contributed by atoms with E-state index < -0.39 is 0 Å². The lowest BCUT2D eigenvalue weighted by atomic mass is 10.2. The Morgan fingerprint density at radius 1 is 1.16 bits per heavy atom. The van der Waals surface area contributed by atoms with E-state index in [0.29, 0.717) is 32.5 Å². The number of carbonyl (C=O) groups excluding carboxylic acids is 3. The average molecular weight is 345 g/mol. The van der Waals surface area contributed by atoms with E-state index in [1.807, 2.05) is 23.1 Å². The van der Waals surface area contributed by atoms with Gasteiger partial charge in [0.2, 0.25) is 11.8 Å². The molecule has 0 saturated carbocycles. The van der Waals surface area contributed by atoms with E-state index in [1.165, 1.54) is 9.80 Å². The smallest absolute Gasteiger partial charge is 0.326 e. The van der Waals surface area contributed by atoms with E-state index in [0.717, 1.165) is 18.9 Å². The quantitative estimate of drug-likeness (QED) is 0.722. The SMILES string of the molecule is CN1CC(=O)N(CCCC(=O)N2CCN(c3ccccn3)CC2)C1=O. The summed E-state index contributed by atoms with van der Waals surface area (Å²) in [5.74, 6) is 0.821. The fourth-order valence-electron chi connectivity index (χ4n) is 3.16. The molecule has 2 aliphatic heterocycles. The van der Waals surface area contributed by atoms with Gasteiger partial charge in [-0.2, -0.15) is 0 Å². The number of hydrogen-bond acceptors (Lipinski definition) is 5. The van der Waals surface area contributed by atoms with E-state index >= 15 is 0 Å². The summed E-state index contributed by atoms with van der Waals surface area (Å²) in [6.07, 6.45) is 2.63. The summed E-state index contributed by atoms with van der Waals surface area (Å²) in [5, 5.41) is 0. The molecular formula is C17H23N5O3. The minimum absolute atomic E-state index is 0.0770. The molecule has 2 fully saturated rings. The molecule has 134 valence electrons. The molecule has 0 N–H and O–H groups in total. The fraction of sp³-hybridized carbons (Fsp3) is 0.529. The van der Waals surface area contributed by atoms with Crippen LogP contribution >= 0.6 is 0 Å². The van der Waals surface area contributed by atoms with Crippen LogP contribution in [0.4, 0.5) is 10.6 Å². The Bertz CT molecular complexity index is 643. The van der Waals surface area contributed by atoms with Gasteiger partial charge in [0, 0.05) is 52.4 Å². The Morgan fingerprint density at radius 2 is 1.92 bits per heavy atom. The molecule has 0 bridgehead atoms. The Labute approximate surface area is 147 Å². The lowest BCUT2D eigenvalue weighted by molar-refractivity contribution is -0.132. The first-order chi connectivity index (χ1) is 12.1. The van der Waals surface area contributed by atoms with Gasteiger partial charge in [0.05, 0.1) is 0 Å². The predicted octanol–water partition coefficient (Wildman–Crippen LogP) is 0.404. The summed E-state index contributed by atoms with van der Waals surface area (Å²) >= 11 is 0. The van der Waals surface area contributed by atoms with Crippen LogP contribution in [0.25, 0.3) is 0 Å². The summed E-state index contributed by atoms with van der Waals surface area (Å²) in [4.78, 5) is 46.8. The van der Waals surface area contributed by atoms with Gasteiger partial charge in [-0.05, 0) is 18.6 Å². The lowest BCUT2D eigenvalue weighted by Gasteiger charge is -2.35. The second kappa shape index (κ2) is 7.50. The van der Waals surface area contributed by atoms with Crippen molar-refractivity contribution in [1.29, 1.82) is 0 Å². The Morgan fingerprint density at radius 3 is 2.52 bits per heavy atom. The molecule has 0 aliphatic carbocycles. The van der Waals surface area contributed by atoms with Crippen LogP contribution in [0.3, 0.4) is 0 Å². The second-order valence-electron chi connectivity index (χ2n) is 6.34. The number of pyridine rings is 1. The lowest BCUT2D eigenvalue weighted by Crippen LogP contribution is -2.49. The third-order valence-electron chi connectivity index (χ3n) is 4.61. The molecule has 25 heavy (non-hydrogen) atoms. The zero-order valence-electron chi connectivity index (χ0n) is 14.4. The molecule has 0 atom stereocenters. The molecule has 0 unspecified atom stereocenters. The Balaban J connectivity index is 1.41. The van der Waals surface area contributed by atoms with Gasteiger partial charge in [-0.25, -0.2) is 9.78 Å². The van der Waals surface area contributed by atoms with E-state index in [9.17, 15) is 14.4 Å². The highest BCUT2D eigenvalue weighted by Crippen LogP contribution is 2.14. The molecule has 0 spiro atoms. The van der Waals surface area contributed by atoms with Crippen LogP contribution in [0, 0.1) is 0 Å². The molecule has 0 aromatic carbocycles. The number of likely N-dealkylation sites (N-methyl/N-ethyl adjacent to an activating group) is 1.